The summed E-state index contributed by atoms with van der Waals surface area (Å²) in [4.78, 5) is 2.31. The van der Waals surface area contributed by atoms with Crippen LogP contribution in [0.2, 0.25) is 0 Å². The Balaban J connectivity index is 2.49. The van der Waals surface area contributed by atoms with Crippen molar-refractivity contribution in [1.82, 2.24) is 4.90 Å². The van der Waals surface area contributed by atoms with Gasteiger partial charge in [0, 0.05) is 19.7 Å². The highest BCUT2D eigenvalue weighted by molar-refractivity contribution is 4.87. The van der Waals surface area contributed by atoms with Crippen LogP contribution in [0.1, 0.15) is 26.7 Å². The van der Waals surface area contributed by atoms with Crippen LogP contribution in [0.15, 0.2) is 0 Å². The standard InChI is InChI=1S/C10H21NO2/c1-9(2)11-6-4-5-10(12,7-11)8-13-3/h9,12H,4-8H2,1-3H3/t10-/m0/s1. The Kier molecular flexibility index (Phi) is 3.71. The first-order valence-electron chi connectivity index (χ1n) is 5.03. The van der Waals surface area contributed by atoms with E-state index in [0.717, 1.165) is 25.9 Å². The van der Waals surface area contributed by atoms with Crippen LogP contribution >= 0.6 is 0 Å². The number of hydrogen-bond donors (Lipinski definition) is 1. The van der Waals surface area contributed by atoms with E-state index in [9.17, 15) is 5.11 Å². The van der Waals surface area contributed by atoms with E-state index in [-0.39, 0.29) is 0 Å². The number of ether oxygens (including phenoxy) is 1. The van der Waals surface area contributed by atoms with E-state index in [1.165, 1.54) is 0 Å². The van der Waals surface area contributed by atoms with Gasteiger partial charge in [0.05, 0.1) is 6.61 Å². The maximum absolute atomic E-state index is 10.1. The zero-order valence-corrected chi connectivity index (χ0v) is 8.92. The normalized spacial score (nSPS) is 31.2. The van der Waals surface area contributed by atoms with Crippen molar-refractivity contribution in [2.45, 2.75) is 38.3 Å². The van der Waals surface area contributed by atoms with Crippen molar-refractivity contribution in [2.24, 2.45) is 0 Å². The minimum atomic E-state index is -0.614. The topological polar surface area (TPSA) is 32.7 Å². The highest BCUT2D eigenvalue weighted by Crippen LogP contribution is 2.22. The molecular weight excluding hydrogens is 166 g/mol. The predicted octanol–water partition coefficient (Wildman–Crippen LogP) is 0.868. The number of aliphatic hydroxyl groups is 1. The Morgan fingerprint density at radius 1 is 1.54 bits per heavy atom. The predicted molar refractivity (Wildman–Crippen MR) is 52.8 cm³/mol. The average Bonchev–Trinajstić information content (AvgIpc) is 2.04. The van der Waals surface area contributed by atoms with Gasteiger partial charge in [-0.15, -0.1) is 0 Å². The van der Waals surface area contributed by atoms with Crippen LogP contribution in [0.3, 0.4) is 0 Å². The van der Waals surface area contributed by atoms with E-state index < -0.39 is 5.60 Å². The molecule has 1 fully saturated rings. The van der Waals surface area contributed by atoms with Gasteiger partial charge < -0.3 is 9.84 Å². The third-order valence-electron chi connectivity index (χ3n) is 2.73. The van der Waals surface area contributed by atoms with Crippen LogP contribution in [0.5, 0.6) is 0 Å². The maximum atomic E-state index is 10.1. The molecule has 0 aromatic carbocycles. The molecule has 1 aliphatic rings. The van der Waals surface area contributed by atoms with Gasteiger partial charge in [-0.25, -0.2) is 0 Å². The lowest BCUT2D eigenvalue weighted by Gasteiger charge is -2.40. The molecule has 0 unspecified atom stereocenters. The molecule has 13 heavy (non-hydrogen) atoms. The summed E-state index contributed by atoms with van der Waals surface area (Å²) < 4.78 is 5.04. The van der Waals surface area contributed by atoms with Gasteiger partial charge in [-0.2, -0.15) is 0 Å². The van der Waals surface area contributed by atoms with Gasteiger partial charge in [0.1, 0.15) is 5.60 Å². The van der Waals surface area contributed by atoms with Crippen LogP contribution in [0.25, 0.3) is 0 Å². The molecule has 1 rings (SSSR count). The summed E-state index contributed by atoms with van der Waals surface area (Å²) in [5, 5.41) is 10.1. The second kappa shape index (κ2) is 4.40. The minimum Gasteiger partial charge on any atom is -0.386 e. The Labute approximate surface area is 80.7 Å². The number of rotatable bonds is 3. The lowest BCUT2D eigenvalue weighted by atomic mass is 9.93. The zero-order chi connectivity index (χ0) is 9.90. The highest BCUT2D eigenvalue weighted by Gasteiger charge is 2.33. The van der Waals surface area contributed by atoms with Crippen LogP contribution in [0.4, 0.5) is 0 Å². The van der Waals surface area contributed by atoms with Crippen LogP contribution in [0, 0.1) is 0 Å². The summed E-state index contributed by atoms with van der Waals surface area (Å²) in [6.45, 7) is 6.63. The monoisotopic (exact) mass is 187 g/mol. The Bertz CT molecular complexity index is 157. The van der Waals surface area contributed by atoms with Crippen LogP contribution in [-0.4, -0.2) is 48.5 Å². The van der Waals surface area contributed by atoms with E-state index in [4.69, 9.17) is 4.74 Å². The second-order valence-corrected chi connectivity index (χ2v) is 4.33. The molecule has 0 aromatic heterocycles. The molecule has 1 saturated heterocycles. The molecule has 0 aromatic rings. The Morgan fingerprint density at radius 3 is 2.77 bits per heavy atom. The molecule has 0 amide bonds. The Hall–Kier alpha value is -0.120. The number of nitrogens with zero attached hydrogens (tertiary/aromatic N) is 1. The molecule has 78 valence electrons. The summed E-state index contributed by atoms with van der Waals surface area (Å²) in [6.07, 6.45) is 1.93. The minimum absolute atomic E-state index is 0.455. The molecule has 0 aliphatic carbocycles. The van der Waals surface area contributed by atoms with Gasteiger partial charge in [0.25, 0.3) is 0 Å². The third-order valence-corrected chi connectivity index (χ3v) is 2.73. The molecule has 3 nitrogen and oxygen atoms in total. The lowest BCUT2D eigenvalue weighted by Crippen LogP contribution is -2.52. The quantitative estimate of drug-likeness (QED) is 0.711. The van der Waals surface area contributed by atoms with E-state index in [2.05, 4.69) is 18.7 Å². The molecule has 1 N–H and O–H groups in total. The van der Waals surface area contributed by atoms with Gasteiger partial charge in [-0.05, 0) is 33.2 Å². The van der Waals surface area contributed by atoms with Gasteiger partial charge in [0.2, 0.25) is 0 Å². The lowest BCUT2D eigenvalue weighted by molar-refractivity contribution is -0.0832. The van der Waals surface area contributed by atoms with Crippen molar-refractivity contribution < 1.29 is 9.84 Å². The smallest absolute Gasteiger partial charge is 0.101 e. The summed E-state index contributed by atoms with van der Waals surface area (Å²) in [5.74, 6) is 0. The molecular formula is C10H21NO2. The highest BCUT2D eigenvalue weighted by atomic mass is 16.5. The third kappa shape index (κ3) is 2.93. The first-order valence-corrected chi connectivity index (χ1v) is 5.03. The van der Waals surface area contributed by atoms with Crippen LogP contribution < -0.4 is 0 Å². The molecule has 1 heterocycles. The SMILES string of the molecule is COC[C@]1(O)CCCN(C(C)C)C1. The molecule has 1 atom stereocenters. The number of β-amino-alcohol motifs (C(OH)–C–C–N with tert-alkyl or cyclic N) is 1. The first-order chi connectivity index (χ1) is 6.07. The summed E-state index contributed by atoms with van der Waals surface area (Å²) in [6, 6.07) is 0.517. The van der Waals surface area contributed by atoms with Gasteiger partial charge in [-0.3, -0.25) is 4.90 Å². The second-order valence-electron chi connectivity index (χ2n) is 4.33. The van der Waals surface area contributed by atoms with Crippen molar-refractivity contribution in [3.63, 3.8) is 0 Å². The molecule has 0 saturated carbocycles. The molecule has 3 heteroatoms. The van der Waals surface area contributed by atoms with Crippen molar-refractivity contribution in [3.05, 3.63) is 0 Å². The van der Waals surface area contributed by atoms with E-state index >= 15 is 0 Å². The van der Waals surface area contributed by atoms with E-state index in [1.54, 1.807) is 7.11 Å². The molecule has 0 spiro atoms. The van der Waals surface area contributed by atoms with Crippen molar-refractivity contribution in [2.75, 3.05) is 26.8 Å². The Morgan fingerprint density at radius 2 is 2.23 bits per heavy atom. The fraction of sp³-hybridized carbons (Fsp3) is 1.00. The fourth-order valence-electron chi connectivity index (χ4n) is 1.97. The van der Waals surface area contributed by atoms with Gasteiger partial charge in [0.15, 0.2) is 0 Å². The number of methoxy groups -OCH3 is 1. The van der Waals surface area contributed by atoms with E-state index in [1.807, 2.05) is 0 Å². The number of likely N-dealkylation sites (tertiary alicyclic amines) is 1. The number of piperidine rings is 1. The summed E-state index contributed by atoms with van der Waals surface area (Å²) in [7, 11) is 1.65. The molecule has 1 aliphatic heterocycles. The number of hydrogen-bond acceptors (Lipinski definition) is 3. The summed E-state index contributed by atoms with van der Waals surface area (Å²) in [5.41, 5.74) is -0.614. The first kappa shape index (κ1) is 11.0. The van der Waals surface area contributed by atoms with E-state index in [0.29, 0.717) is 12.6 Å². The van der Waals surface area contributed by atoms with Crippen molar-refractivity contribution >= 4 is 0 Å². The van der Waals surface area contributed by atoms with Gasteiger partial charge in [-0.1, -0.05) is 0 Å². The van der Waals surface area contributed by atoms with Crippen LogP contribution in [-0.2, 0) is 4.74 Å². The van der Waals surface area contributed by atoms with Crippen molar-refractivity contribution in [1.29, 1.82) is 0 Å². The van der Waals surface area contributed by atoms with Crippen molar-refractivity contribution in [3.8, 4) is 0 Å². The maximum Gasteiger partial charge on any atom is 0.101 e. The summed E-state index contributed by atoms with van der Waals surface area (Å²) >= 11 is 0. The molecule has 0 radical (unpaired) electrons. The average molecular weight is 187 g/mol. The zero-order valence-electron chi connectivity index (χ0n) is 8.92. The fourth-order valence-corrected chi connectivity index (χ4v) is 1.97. The largest absolute Gasteiger partial charge is 0.386 e. The molecule has 0 bridgehead atoms. The van der Waals surface area contributed by atoms with Gasteiger partial charge >= 0.3 is 0 Å².